The van der Waals surface area contributed by atoms with E-state index in [1.54, 1.807) is 6.07 Å². The van der Waals surface area contributed by atoms with Gasteiger partial charge in [-0.25, -0.2) is 8.42 Å². The van der Waals surface area contributed by atoms with Crippen molar-refractivity contribution in [3.8, 4) is 11.5 Å². The number of carbonyl (C=O) groups excluding carboxylic acids is 1. The van der Waals surface area contributed by atoms with Crippen LogP contribution in [0.2, 0.25) is 0 Å². The number of benzene rings is 1. The first-order chi connectivity index (χ1) is 12.9. The van der Waals surface area contributed by atoms with Crippen LogP contribution in [-0.2, 0) is 14.8 Å². The molecule has 1 aromatic carbocycles. The Hall–Kier alpha value is -1.84. The summed E-state index contributed by atoms with van der Waals surface area (Å²) >= 11 is 0. The summed E-state index contributed by atoms with van der Waals surface area (Å²) in [5.74, 6) is 0.817. The number of piperidine rings is 1. The highest BCUT2D eigenvalue weighted by molar-refractivity contribution is 7.89. The molecule has 1 aromatic rings. The van der Waals surface area contributed by atoms with Gasteiger partial charge in [0, 0.05) is 44.2 Å². The average molecular weight is 397 g/mol. The lowest BCUT2D eigenvalue weighted by Gasteiger charge is -2.32. The monoisotopic (exact) mass is 397 g/mol. The van der Waals surface area contributed by atoms with E-state index in [1.807, 2.05) is 4.90 Å². The second kappa shape index (κ2) is 8.04. The summed E-state index contributed by atoms with van der Waals surface area (Å²) in [7, 11) is -0.675. The van der Waals surface area contributed by atoms with Gasteiger partial charge >= 0.3 is 0 Å². The molecule has 2 aliphatic rings. The van der Waals surface area contributed by atoms with Crippen molar-refractivity contribution in [2.24, 2.45) is 11.7 Å². The van der Waals surface area contributed by atoms with E-state index in [0.29, 0.717) is 50.5 Å². The Morgan fingerprint density at radius 3 is 2.30 bits per heavy atom. The summed E-state index contributed by atoms with van der Waals surface area (Å²) in [5.41, 5.74) is 5.88. The maximum Gasteiger partial charge on any atom is 0.243 e. The highest BCUT2D eigenvalue weighted by Crippen LogP contribution is 2.32. The second-order valence-corrected chi connectivity index (χ2v) is 8.97. The number of likely N-dealkylation sites (tertiary alicyclic amines) is 1. The molecule has 0 aliphatic carbocycles. The number of nitrogens with zero attached hydrogens (tertiary/aromatic N) is 2. The van der Waals surface area contributed by atoms with E-state index >= 15 is 0 Å². The molecule has 9 heteroatoms. The number of hydrogen-bond acceptors (Lipinski definition) is 6. The predicted octanol–water partition coefficient (Wildman–Crippen LogP) is 0.664. The molecule has 0 spiro atoms. The molecule has 2 fully saturated rings. The smallest absolute Gasteiger partial charge is 0.243 e. The number of carbonyl (C=O) groups is 1. The highest BCUT2D eigenvalue weighted by Gasteiger charge is 2.35. The van der Waals surface area contributed by atoms with Crippen LogP contribution < -0.4 is 15.2 Å². The lowest BCUT2D eigenvalue weighted by molar-refractivity contribution is -0.135. The number of methoxy groups -OCH3 is 2. The van der Waals surface area contributed by atoms with E-state index < -0.39 is 10.0 Å². The van der Waals surface area contributed by atoms with Crippen molar-refractivity contribution in [2.45, 2.75) is 30.2 Å². The largest absolute Gasteiger partial charge is 0.493 e. The fourth-order valence-corrected chi connectivity index (χ4v) is 5.20. The van der Waals surface area contributed by atoms with Gasteiger partial charge in [-0.15, -0.1) is 0 Å². The quantitative estimate of drug-likeness (QED) is 0.783. The third-order valence-electron chi connectivity index (χ3n) is 5.33. The molecule has 27 heavy (non-hydrogen) atoms. The summed E-state index contributed by atoms with van der Waals surface area (Å²) < 4.78 is 37.7. The number of rotatable bonds is 5. The van der Waals surface area contributed by atoms with Crippen molar-refractivity contribution in [1.82, 2.24) is 9.21 Å². The van der Waals surface area contributed by atoms with Crippen molar-refractivity contribution in [1.29, 1.82) is 0 Å². The normalized spacial score (nSPS) is 22.0. The van der Waals surface area contributed by atoms with Gasteiger partial charge in [0.15, 0.2) is 11.5 Å². The van der Waals surface area contributed by atoms with Crippen molar-refractivity contribution in [3.05, 3.63) is 18.2 Å². The Labute approximate surface area is 160 Å². The number of amides is 1. The minimum Gasteiger partial charge on any atom is -0.493 e. The van der Waals surface area contributed by atoms with Gasteiger partial charge in [0.05, 0.1) is 19.1 Å². The maximum absolute atomic E-state index is 12.9. The molecule has 1 atom stereocenters. The van der Waals surface area contributed by atoms with Crippen LogP contribution in [0.15, 0.2) is 23.1 Å². The van der Waals surface area contributed by atoms with E-state index in [-0.39, 0.29) is 22.8 Å². The predicted molar refractivity (Wildman–Crippen MR) is 100 cm³/mol. The fraction of sp³-hybridized carbons (Fsp3) is 0.611. The number of sulfonamides is 1. The first-order valence-corrected chi connectivity index (χ1v) is 10.6. The first kappa shape index (κ1) is 19.9. The summed E-state index contributed by atoms with van der Waals surface area (Å²) in [5, 5.41) is 0. The molecule has 2 N–H and O–H groups in total. The lowest BCUT2D eigenvalue weighted by Crippen LogP contribution is -2.44. The summed E-state index contributed by atoms with van der Waals surface area (Å²) in [4.78, 5) is 14.6. The van der Waals surface area contributed by atoms with Gasteiger partial charge in [-0.1, -0.05) is 0 Å². The van der Waals surface area contributed by atoms with Crippen LogP contribution in [0, 0.1) is 5.92 Å². The molecule has 8 nitrogen and oxygen atoms in total. The van der Waals surface area contributed by atoms with Crippen LogP contribution in [0.3, 0.4) is 0 Å². The average Bonchev–Trinajstić information content (AvgIpc) is 3.13. The molecule has 1 amide bonds. The van der Waals surface area contributed by atoms with Crippen molar-refractivity contribution in [2.75, 3.05) is 40.4 Å². The van der Waals surface area contributed by atoms with Crippen LogP contribution >= 0.6 is 0 Å². The van der Waals surface area contributed by atoms with Crippen LogP contribution in [0.4, 0.5) is 0 Å². The summed E-state index contributed by atoms with van der Waals surface area (Å²) in [6.45, 7) is 1.95. The van der Waals surface area contributed by atoms with E-state index in [4.69, 9.17) is 15.2 Å². The molecule has 0 unspecified atom stereocenters. The Kier molecular flexibility index (Phi) is 5.92. The van der Waals surface area contributed by atoms with Crippen molar-refractivity contribution in [3.63, 3.8) is 0 Å². The zero-order valence-electron chi connectivity index (χ0n) is 15.8. The van der Waals surface area contributed by atoms with E-state index in [0.717, 1.165) is 6.42 Å². The molecule has 0 aromatic heterocycles. The van der Waals surface area contributed by atoms with E-state index in [1.165, 1.54) is 30.7 Å². The Bertz CT molecular complexity index is 790. The second-order valence-electron chi connectivity index (χ2n) is 7.03. The minimum absolute atomic E-state index is 0.0551. The van der Waals surface area contributed by atoms with Gasteiger partial charge in [-0.2, -0.15) is 4.31 Å². The van der Waals surface area contributed by atoms with Gasteiger partial charge < -0.3 is 20.1 Å². The number of nitrogens with two attached hydrogens (primary N) is 1. The van der Waals surface area contributed by atoms with Crippen molar-refractivity contribution >= 4 is 15.9 Å². The molecule has 3 rings (SSSR count). The Morgan fingerprint density at radius 2 is 1.74 bits per heavy atom. The Balaban J connectivity index is 1.67. The molecule has 0 saturated carbocycles. The SMILES string of the molecule is COc1ccc(S(=O)(=O)N2CCC(C(=O)N3CC[C@@H](N)C3)CC2)cc1OC. The molecule has 150 valence electrons. The number of ether oxygens (including phenoxy) is 2. The van der Waals surface area contributed by atoms with E-state index in [2.05, 4.69) is 0 Å². The zero-order valence-corrected chi connectivity index (χ0v) is 16.6. The van der Waals surface area contributed by atoms with Gasteiger partial charge in [-0.05, 0) is 31.4 Å². The summed E-state index contributed by atoms with van der Waals surface area (Å²) in [6, 6.07) is 4.62. The van der Waals surface area contributed by atoms with Crippen LogP contribution in [0.1, 0.15) is 19.3 Å². The molecule has 0 bridgehead atoms. The van der Waals surface area contributed by atoms with E-state index in [9.17, 15) is 13.2 Å². The standard InChI is InChI=1S/C18H27N3O5S/c1-25-16-4-3-15(11-17(16)26-2)27(23,24)21-9-5-13(6-10-21)18(22)20-8-7-14(19)12-20/h3-4,11,13-14H,5-10,12,19H2,1-2H3/t14-/m1/s1. The molecular formula is C18H27N3O5S. The lowest BCUT2D eigenvalue weighted by atomic mass is 9.97. The molecule has 2 heterocycles. The summed E-state index contributed by atoms with van der Waals surface area (Å²) in [6.07, 6.45) is 1.88. The third-order valence-corrected chi connectivity index (χ3v) is 7.23. The first-order valence-electron chi connectivity index (χ1n) is 9.13. The third kappa shape index (κ3) is 4.04. The fourth-order valence-electron chi connectivity index (χ4n) is 3.71. The zero-order chi connectivity index (χ0) is 19.6. The van der Waals surface area contributed by atoms with Crippen LogP contribution in [-0.4, -0.2) is 70.0 Å². The van der Waals surface area contributed by atoms with Crippen molar-refractivity contribution < 1.29 is 22.7 Å². The minimum atomic E-state index is -3.64. The highest BCUT2D eigenvalue weighted by atomic mass is 32.2. The van der Waals surface area contributed by atoms with Gasteiger partial charge in [0.25, 0.3) is 0 Å². The molecule has 2 saturated heterocycles. The molecule has 2 aliphatic heterocycles. The van der Waals surface area contributed by atoms with Gasteiger partial charge in [0.1, 0.15) is 0 Å². The topological polar surface area (TPSA) is 102 Å². The maximum atomic E-state index is 12.9. The molecular weight excluding hydrogens is 370 g/mol. The van der Waals surface area contributed by atoms with Crippen LogP contribution in [0.5, 0.6) is 11.5 Å². The van der Waals surface area contributed by atoms with Crippen LogP contribution in [0.25, 0.3) is 0 Å². The molecule has 0 radical (unpaired) electrons. The number of hydrogen-bond donors (Lipinski definition) is 1. The van der Waals surface area contributed by atoms with Gasteiger partial charge in [-0.3, -0.25) is 4.79 Å². The Morgan fingerprint density at radius 1 is 1.07 bits per heavy atom. The van der Waals surface area contributed by atoms with Gasteiger partial charge in [0.2, 0.25) is 15.9 Å².